The van der Waals surface area contributed by atoms with Gasteiger partial charge in [0.2, 0.25) is 0 Å². The third-order valence-electron chi connectivity index (χ3n) is 20.6. The molecule has 0 bridgehead atoms. The molecule has 0 saturated heterocycles. The fourth-order valence-corrected chi connectivity index (χ4v) is 15.2. The third-order valence-corrected chi connectivity index (χ3v) is 20.6. The molecule has 2 aliphatic heterocycles. The average Bonchev–Trinajstić information content (AvgIpc) is 1.57. The van der Waals surface area contributed by atoms with Crippen molar-refractivity contribution in [1.82, 2.24) is 0 Å². The minimum Gasteiger partial charge on any atom is -0.347 e. The molecule has 20 heteroatoms. The highest BCUT2D eigenvalue weighted by molar-refractivity contribution is 5.76. The topological polar surface area (TPSA) is 265 Å². The van der Waals surface area contributed by atoms with Crippen molar-refractivity contribution in [2.45, 2.75) is 87.9 Å². The first-order chi connectivity index (χ1) is 48.6. The van der Waals surface area contributed by atoms with E-state index >= 15 is 0 Å². The number of hydrogen-bond donors (Lipinski definition) is 0. The Bertz CT molecular complexity index is 4540. The van der Waals surface area contributed by atoms with E-state index in [0.29, 0.717) is 35.3 Å². The van der Waals surface area contributed by atoms with Gasteiger partial charge in [-0.15, -0.1) is 0 Å². The number of nitro benzene ring substituents is 6. The second kappa shape index (κ2) is 28.7. The van der Waals surface area contributed by atoms with E-state index in [1.54, 1.807) is 72.8 Å². The normalized spacial score (nSPS) is 15.6. The second-order valence-corrected chi connectivity index (χ2v) is 26.9. The summed E-state index contributed by atoms with van der Waals surface area (Å²) < 4.78 is 0. The molecule has 0 aromatic heterocycles. The largest absolute Gasteiger partial charge is 0.347 e. The van der Waals surface area contributed by atoms with E-state index in [1.165, 1.54) is 60.7 Å². The van der Waals surface area contributed by atoms with Crippen molar-refractivity contribution < 1.29 is 29.5 Å². The van der Waals surface area contributed by atoms with Gasteiger partial charge in [-0.3, -0.25) is 60.7 Å². The molecule has 9 aromatic carbocycles. The number of aryl methyl sites for hydroxylation is 2. The molecule has 0 aliphatic carbocycles. The minimum absolute atomic E-state index is 0.0938. The van der Waals surface area contributed by atoms with Crippen LogP contribution in [0.3, 0.4) is 0 Å². The zero-order chi connectivity index (χ0) is 73.0. The van der Waals surface area contributed by atoms with Gasteiger partial charge in [0.15, 0.2) is 0 Å². The molecule has 0 spiro atoms. The first kappa shape index (κ1) is 70.7. The molecule has 514 valence electrons. The van der Waals surface area contributed by atoms with Gasteiger partial charge in [-0.1, -0.05) is 173 Å². The summed E-state index contributed by atoms with van der Waals surface area (Å²) in [7, 11) is 3.79. The molecule has 0 saturated carbocycles. The Labute approximate surface area is 589 Å². The van der Waals surface area contributed by atoms with Crippen LogP contribution in [0.25, 0.3) is 0 Å². The van der Waals surface area contributed by atoms with E-state index in [1.807, 2.05) is 84.6 Å². The van der Waals surface area contributed by atoms with E-state index in [9.17, 15) is 60.7 Å². The van der Waals surface area contributed by atoms with E-state index < -0.39 is 51.2 Å². The van der Waals surface area contributed by atoms with Gasteiger partial charge >= 0.3 is 0 Å². The summed E-state index contributed by atoms with van der Waals surface area (Å²) >= 11 is 0. The monoisotopic (exact) mass is 1360 g/mol. The maximum absolute atomic E-state index is 12.5. The molecule has 11 rings (SSSR count). The zero-order valence-corrected chi connectivity index (χ0v) is 57.2. The van der Waals surface area contributed by atoms with Crippen LogP contribution >= 0.6 is 0 Å². The molecule has 0 amide bonds. The van der Waals surface area contributed by atoms with Gasteiger partial charge in [-0.25, -0.2) is 0 Å². The smallest absolute Gasteiger partial charge is 0.269 e. The lowest BCUT2D eigenvalue weighted by Gasteiger charge is -2.34. The molecule has 0 radical (unpaired) electrons. The third kappa shape index (κ3) is 14.1. The van der Waals surface area contributed by atoms with Crippen molar-refractivity contribution in [2.24, 2.45) is 0 Å². The molecule has 2 aliphatic rings. The van der Waals surface area contributed by atoms with Crippen LogP contribution in [0.5, 0.6) is 0 Å². The number of hydrogen-bond acceptors (Lipinski definition) is 14. The van der Waals surface area contributed by atoms with Crippen LogP contribution in [0, 0.1) is 74.5 Å². The van der Waals surface area contributed by atoms with Crippen molar-refractivity contribution in [1.29, 1.82) is 0 Å². The maximum Gasteiger partial charge on any atom is 0.269 e. The van der Waals surface area contributed by atoms with Crippen molar-refractivity contribution in [3.8, 4) is 0 Å². The fraction of sp³-hybridized carbons (Fsp3) is 0.195. The summed E-state index contributed by atoms with van der Waals surface area (Å²) in [6.07, 6.45) is 13.9. The van der Waals surface area contributed by atoms with E-state index in [2.05, 4.69) is 76.2 Å². The standard InChI is InChI=1S/C82H74N8O12/c1-55-15-9-11-19-71(55)79(5,57(3)17-13-21-77-81(51-61-27-35-65(36-28-61)85(91)92,52-62-29-37-66(38-30-62)86(93)94)73-47-69(89(99)100)43-45-75(73)83(77)7)49-59-23-25-60(26-24-59)50-80(6,72-20-12-10-16-56(72)2)58(4)18-14-22-78-82(53-63-31-39-67(40-32-63)87(95)96,54-64-33-41-68(42-34-64)88(97)98)74-48-70(90(101)102)44-46-76(74)84(78)8/h9-48H,3-4,49-54H2,1-2,5-8H3/b17-13+,18-14+,77-21+,78-22+. The number of likely N-dealkylation sites (N-methyl/N-ethyl adjacent to an activating group) is 2. The number of nitro groups is 6. The predicted octanol–water partition coefficient (Wildman–Crippen LogP) is 18.5. The predicted molar refractivity (Wildman–Crippen MR) is 397 cm³/mol. The van der Waals surface area contributed by atoms with Gasteiger partial charge in [0.25, 0.3) is 34.1 Å². The zero-order valence-electron chi connectivity index (χ0n) is 57.2. The Hall–Kier alpha value is -12.6. The number of non-ortho nitro benzene ring substituents is 6. The first-order valence-electron chi connectivity index (χ1n) is 33.0. The molecule has 102 heavy (non-hydrogen) atoms. The summed E-state index contributed by atoms with van der Waals surface area (Å²) in [4.78, 5) is 73.5. The van der Waals surface area contributed by atoms with Crippen LogP contribution in [0.4, 0.5) is 45.5 Å². The quantitative estimate of drug-likeness (QED) is 0.0277. The van der Waals surface area contributed by atoms with E-state index in [0.717, 1.165) is 78.2 Å². The average molecular weight is 1360 g/mol. The van der Waals surface area contributed by atoms with Gasteiger partial charge in [0.05, 0.1) is 29.5 Å². The Kier molecular flexibility index (Phi) is 19.9. The SMILES string of the molecule is C=C(/C=C/C=C1/N(C)c2ccc([N+](=O)[O-])cc2C1(Cc1ccc([N+](=O)[O-])cc1)Cc1ccc([N+](=O)[O-])cc1)C(C)(Cc1ccc(CC(C)(C(=C)/C=C/C=C2/N(C)c3ccc([N+](=O)[O-])cc3C2(Cc2ccc([N+](=O)[O-])cc2)Cc2ccc([N+](=O)[O-])cc2)c2ccccc2C)cc1)c1ccccc1C. The Morgan fingerprint density at radius 1 is 0.382 bits per heavy atom. The lowest BCUT2D eigenvalue weighted by Crippen LogP contribution is -2.34. The number of fused-ring (bicyclic) bond motifs is 2. The summed E-state index contributed by atoms with van der Waals surface area (Å²) in [5, 5.41) is 72.3. The molecule has 2 heterocycles. The minimum atomic E-state index is -1.04. The number of anilines is 2. The van der Waals surface area contributed by atoms with Gasteiger partial charge in [-0.2, -0.15) is 0 Å². The first-order valence-corrected chi connectivity index (χ1v) is 33.0. The highest BCUT2D eigenvalue weighted by Crippen LogP contribution is 2.55. The van der Waals surface area contributed by atoms with Gasteiger partial charge < -0.3 is 9.80 Å². The lowest BCUT2D eigenvalue weighted by molar-refractivity contribution is -0.385. The Morgan fingerprint density at radius 3 is 0.902 bits per heavy atom. The number of allylic oxidation sites excluding steroid dienone is 10. The maximum atomic E-state index is 12.5. The van der Waals surface area contributed by atoms with Crippen LogP contribution in [0.2, 0.25) is 0 Å². The summed E-state index contributed by atoms with van der Waals surface area (Å²) in [6, 6.07) is 59.5. The van der Waals surface area contributed by atoms with Crippen molar-refractivity contribution in [3.05, 3.63) is 406 Å². The van der Waals surface area contributed by atoms with Crippen molar-refractivity contribution >= 4 is 45.5 Å². The van der Waals surface area contributed by atoms with E-state index in [-0.39, 0.29) is 59.8 Å². The number of rotatable bonds is 26. The molecular weight excluding hydrogens is 1290 g/mol. The Balaban J connectivity index is 0.930. The van der Waals surface area contributed by atoms with Crippen LogP contribution in [-0.4, -0.2) is 43.6 Å². The fourth-order valence-electron chi connectivity index (χ4n) is 15.2. The van der Waals surface area contributed by atoms with Gasteiger partial charge in [-0.05, 0) is 155 Å². The number of nitrogens with zero attached hydrogens (tertiary/aromatic N) is 8. The van der Waals surface area contributed by atoms with Crippen LogP contribution in [-0.2, 0) is 60.2 Å². The number of benzene rings is 9. The molecular formula is C82H74N8O12. The lowest BCUT2D eigenvalue weighted by atomic mass is 9.69. The van der Waals surface area contributed by atoms with Crippen LogP contribution in [0.1, 0.15) is 80.6 Å². The van der Waals surface area contributed by atoms with Gasteiger partial charge in [0, 0.05) is 131 Å². The van der Waals surface area contributed by atoms with Crippen molar-refractivity contribution in [3.63, 3.8) is 0 Å². The summed E-state index contributed by atoms with van der Waals surface area (Å²) in [5.41, 5.74) is 11.0. The Morgan fingerprint density at radius 2 is 0.637 bits per heavy atom. The van der Waals surface area contributed by atoms with E-state index in [4.69, 9.17) is 13.2 Å². The summed E-state index contributed by atoms with van der Waals surface area (Å²) in [6.45, 7) is 18.0. The second-order valence-electron chi connectivity index (χ2n) is 26.9. The molecule has 0 fully saturated rings. The van der Waals surface area contributed by atoms with Crippen LogP contribution < -0.4 is 9.80 Å². The van der Waals surface area contributed by atoms with Crippen LogP contribution in [0.15, 0.2) is 278 Å². The molecule has 2 atom stereocenters. The molecule has 9 aromatic rings. The highest BCUT2D eigenvalue weighted by atomic mass is 16.6. The molecule has 0 N–H and O–H groups in total. The van der Waals surface area contributed by atoms with Crippen molar-refractivity contribution in [2.75, 3.05) is 23.9 Å². The molecule has 20 nitrogen and oxygen atoms in total. The summed E-state index contributed by atoms with van der Waals surface area (Å²) in [5.74, 6) is 0. The highest BCUT2D eigenvalue weighted by Gasteiger charge is 2.49. The van der Waals surface area contributed by atoms with Gasteiger partial charge in [0.1, 0.15) is 0 Å². The molecule has 2 unspecified atom stereocenters.